The molecular formula is C13H15Br2NO3. The first-order valence-corrected chi connectivity index (χ1v) is 7.56. The van der Waals surface area contributed by atoms with Gasteiger partial charge < -0.3 is 14.4 Å². The predicted octanol–water partition coefficient (Wildman–Crippen LogP) is 2.73. The number of carbonyl (C=O) groups is 1. The number of carbonyl (C=O) groups excluding carboxylic acids is 1. The van der Waals surface area contributed by atoms with Gasteiger partial charge in [-0.25, -0.2) is 0 Å². The normalized spacial score (nSPS) is 20.3. The van der Waals surface area contributed by atoms with E-state index in [-0.39, 0.29) is 6.10 Å². The molecule has 0 amide bonds. The van der Waals surface area contributed by atoms with Crippen molar-refractivity contribution in [1.82, 2.24) is 4.90 Å². The summed E-state index contributed by atoms with van der Waals surface area (Å²) in [6.07, 6.45) is 0.877. The van der Waals surface area contributed by atoms with Crippen molar-refractivity contribution in [3.8, 4) is 5.75 Å². The summed E-state index contributed by atoms with van der Waals surface area (Å²) >= 11 is 6.82. The zero-order valence-corrected chi connectivity index (χ0v) is 13.7. The summed E-state index contributed by atoms with van der Waals surface area (Å²) < 4.78 is 12.9. The van der Waals surface area contributed by atoms with Crippen molar-refractivity contribution in [1.29, 1.82) is 0 Å². The van der Waals surface area contributed by atoms with Crippen LogP contribution in [0.25, 0.3) is 0 Å². The summed E-state index contributed by atoms with van der Waals surface area (Å²) in [5, 5.41) is 0. The standard InChI is InChI=1S/C13H15Br2NO3/c1-16-2-3-18-10(6-16)8-19-13-11(14)4-9(7-17)5-12(13)15/h4-5,7,10H,2-3,6,8H2,1H3. The molecule has 2 rings (SSSR count). The first-order chi connectivity index (χ1) is 9.10. The highest BCUT2D eigenvalue weighted by Gasteiger charge is 2.19. The van der Waals surface area contributed by atoms with Crippen LogP contribution < -0.4 is 4.74 Å². The Kier molecular flexibility index (Phi) is 5.38. The molecule has 0 aliphatic carbocycles. The molecule has 19 heavy (non-hydrogen) atoms. The van der Waals surface area contributed by atoms with Crippen LogP contribution in [0.2, 0.25) is 0 Å². The van der Waals surface area contributed by atoms with E-state index in [1.165, 1.54) is 0 Å². The average molecular weight is 393 g/mol. The van der Waals surface area contributed by atoms with Gasteiger partial charge in [-0.3, -0.25) is 4.79 Å². The summed E-state index contributed by atoms with van der Waals surface area (Å²) in [5.74, 6) is 0.697. The molecule has 104 valence electrons. The fourth-order valence-corrected chi connectivity index (χ4v) is 3.38. The SMILES string of the molecule is CN1CCOC(COc2c(Br)cc(C=O)cc2Br)C1. The zero-order chi connectivity index (χ0) is 13.8. The monoisotopic (exact) mass is 391 g/mol. The Balaban J connectivity index is 2.01. The number of benzene rings is 1. The lowest BCUT2D eigenvalue weighted by Crippen LogP contribution is -2.42. The van der Waals surface area contributed by atoms with E-state index in [0.29, 0.717) is 17.9 Å². The Hall–Kier alpha value is -0.430. The summed E-state index contributed by atoms with van der Waals surface area (Å²) in [4.78, 5) is 13.0. The van der Waals surface area contributed by atoms with Crippen LogP contribution in [0.15, 0.2) is 21.1 Å². The lowest BCUT2D eigenvalue weighted by molar-refractivity contribution is -0.0405. The van der Waals surface area contributed by atoms with Gasteiger partial charge in [0.05, 0.1) is 15.6 Å². The van der Waals surface area contributed by atoms with E-state index in [9.17, 15) is 4.79 Å². The third-order valence-corrected chi connectivity index (χ3v) is 4.09. The maximum absolute atomic E-state index is 10.8. The molecule has 0 N–H and O–H groups in total. The number of likely N-dealkylation sites (N-methyl/N-ethyl adjacent to an activating group) is 1. The van der Waals surface area contributed by atoms with E-state index in [1.807, 2.05) is 0 Å². The van der Waals surface area contributed by atoms with E-state index in [4.69, 9.17) is 9.47 Å². The number of hydrogen-bond donors (Lipinski definition) is 0. The van der Waals surface area contributed by atoms with Gasteiger partial charge in [-0.15, -0.1) is 0 Å². The minimum Gasteiger partial charge on any atom is -0.488 e. The topological polar surface area (TPSA) is 38.8 Å². The lowest BCUT2D eigenvalue weighted by atomic mass is 10.2. The Labute approximate surface area is 129 Å². The number of morpholine rings is 1. The van der Waals surface area contributed by atoms with Gasteiger partial charge >= 0.3 is 0 Å². The molecule has 0 saturated carbocycles. The van der Waals surface area contributed by atoms with Gasteiger partial charge in [0, 0.05) is 18.7 Å². The smallest absolute Gasteiger partial charge is 0.150 e. The third-order valence-electron chi connectivity index (χ3n) is 2.91. The van der Waals surface area contributed by atoms with E-state index in [2.05, 4.69) is 43.8 Å². The van der Waals surface area contributed by atoms with Crippen molar-refractivity contribution in [2.75, 3.05) is 33.4 Å². The molecule has 1 heterocycles. The van der Waals surface area contributed by atoms with Gasteiger partial charge in [0.15, 0.2) is 0 Å². The molecule has 1 unspecified atom stereocenters. The van der Waals surface area contributed by atoms with Crippen LogP contribution >= 0.6 is 31.9 Å². The minimum absolute atomic E-state index is 0.0725. The molecule has 1 aromatic carbocycles. The highest BCUT2D eigenvalue weighted by Crippen LogP contribution is 2.34. The summed E-state index contributed by atoms with van der Waals surface area (Å²) in [7, 11) is 2.07. The van der Waals surface area contributed by atoms with Gasteiger partial charge in [0.2, 0.25) is 0 Å². The summed E-state index contributed by atoms with van der Waals surface area (Å²) in [5.41, 5.74) is 0.597. The molecule has 0 aromatic heterocycles. The maximum Gasteiger partial charge on any atom is 0.150 e. The Bertz CT molecular complexity index is 444. The second kappa shape index (κ2) is 6.83. The van der Waals surface area contributed by atoms with Gasteiger partial charge in [0.25, 0.3) is 0 Å². The van der Waals surface area contributed by atoms with Crippen LogP contribution in [0.5, 0.6) is 5.75 Å². The van der Waals surface area contributed by atoms with Crippen LogP contribution in [-0.4, -0.2) is 50.6 Å². The first kappa shape index (κ1) is 15.0. The lowest BCUT2D eigenvalue weighted by Gasteiger charge is -2.30. The molecule has 1 aromatic rings. The van der Waals surface area contributed by atoms with Crippen molar-refractivity contribution in [3.63, 3.8) is 0 Å². The third kappa shape index (κ3) is 4.02. The second-order valence-electron chi connectivity index (χ2n) is 4.50. The van der Waals surface area contributed by atoms with Crippen LogP contribution in [0, 0.1) is 0 Å². The number of halogens is 2. The molecule has 1 fully saturated rings. The first-order valence-electron chi connectivity index (χ1n) is 5.97. The van der Waals surface area contributed by atoms with Crippen molar-refractivity contribution in [3.05, 3.63) is 26.6 Å². The van der Waals surface area contributed by atoms with Crippen LogP contribution in [-0.2, 0) is 4.74 Å². The molecule has 0 radical (unpaired) electrons. The molecular weight excluding hydrogens is 378 g/mol. The number of rotatable bonds is 4. The molecule has 0 bridgehead atoms. The number of aldehydes is 1. The van der Waals surface area contributed by atoms with E-state index in [0.717, 1.165) is 34.9 Å². The van der Waals surface area contributed by atoms with Crippen LogP contribution in [0.4, 0.5) is 0 Å². The van der Waals surface area contributed by atoms with Gasteiger partial charge in [0.1, 0.15) is 24.7 Å². The predicted molar refractivity (Wildman–Crippen MR) is 80.0 cm³/mol. The van der Waals surface area contributed by atoms with Crippen molar-refractivity contribution < 1.29 is 14.3 Å². The van der Waals surface area contributed by atoms with Gasteiger partial charge in [-0.05, 0) is 51.0 Å². The minimum atomic E-state index is 0.0725. The Morgan fingerprint density at radius 1 is 1.47 bits per heavy atom. The quantitative estimate of drug-likeness (QED) is 0.738. The van der Waals surface area contributed by atoms with E-state index >= 15 is 0 Å². The fraction of sp³-hybridized carbons (Fsp3) is 0.462. The van der Waals surface area contributed by atoms with Crippen molar-refractivity contribution in [2.45, 2.75) is 6.10 Å². The molecule has 1 saturated heterocycles. The highest BCUT2D eigenvalue weighted by atomic mass is 79.9. The maximum atomic E-state index is 10.8. The fourth-order valence-electron chi connectivity index (χ4n) is 1.93. The van der Waals surface area contributed by atoms with Gasteiger partial charge in [-0.1, -0.05) is 0 Å². The average Bonchev–Trinajstić information content (AvgIpc) is 2.37. The van der Waals surface area contributed by atoms with E-state index < -0.39 is 0 Å². The number of nitrogens with zero attached hydrogens (tertiary/aromatic N) is 1. The molecule has 6 heteroatoms. The second-order valence-corrected chi connectivity index (χ2v) is 6.21. The zero-order valence-electron chi connectivity index (χ0n) is 10.6. The van der Waals surface area contributed by atoms with Crippen molar-refractivity contribution in [2.24, 2.45) is 0 Å². The summed E-state index contributed by atoms with van der Waals surface area (Å²) in [6.45, 7) is 3.04. The van der Waals surface area contributed by atoms with Crippen LogP contribution in [0.3, 0.4) is 0 Å². The Morgan fingerprint density at radius 3 is 2.74 bits per heavy atom. The van der Waals surface area contributed by atoms with Crippen molar-refractivity contribution >= 4 is 38.1 Å². The molecule has 1 aliphatic heterocycles. The Morgan fingerprint density at radius 2 is 2.16 bits per heavy atom. The molecule has 1 aliphatic rings. The molecule has 0 spiro atoms. The van der Waals surface area contributed by atoms with Crippen LogP contribution in [0.1, 0.15) is 10.4 Å². The molecule has 1 atom stereocenters. The number of hydrogen-bond acceptors (Lipinski definition) is 4. The summed E-state index contributed by atoms with van der Waals surface area (Å²) in [6, 6.07) is 3.47. The largest absolute Gasteiger partial charge is 0.488 e. The number of ether oxygens (including phenoxy) is 2. The molecule has 4 nitrogen and oxygen atoms in total. The highest BCUT2D eigenvalue weighted by molar-refractivity contribution is 9.11. The van der Waals surface area contributed by atoms with Gasteiger partial charge in [-0.2, -0.15) is 0 Å². The van der Waals surface area contributed by atoms with E-state index in [1.54, 1.807) is 12.1 Å².